The fourth-order valence-corrected chi connectivity index (χ4v) is 4.82. The SMILES string of the molecule is O=C(c1cccc(N2C(=O)[C@H]3CC=CC[C@H]3C2=O)c1)N1CCN(c2ccccc2)CC1. The van der Waals surface area contributed by atoms with Crippen LogP contribution in [0.15, 0.2) is 66.7 Å². The minimum atomic E-state index is -0.275. The number of carbonyl (C=O) groups is 3. The van der Waals surface area contributed by atoms with E-state index in [1.807, 2.05) is 35.3 Å². The van der Waals surface area contributed by atoms with Crippen LogP contribution in [0, 0.1) is 11.8 Å². The Morgan fingerprint density at radius 3 is 2.00 bits per heavy atom. The first-order chi connectivity index (χ1) is 15.1. The van der Waals surface area contributed by atoms with Crippen LogP contribution in [0.1, 0.15) is 23.2 Å². The lowest BCUT2D eigenvalue weighted by atomic mass is 9.85. The second-order valence-corrected chi connectivity index (χ2v) is 8.33. The van der Waals surface area contributed by atoms with Gasteiger partial charge in [-0.25, -0.2) is 0 Å². The van der Waals surface area contributed by atoms with Gasteiger partial charge in [-0.1, -0.05) is 36.4 Å². The van der Waals surface area contributed by atoms with Gasteiger partial charge in [0.25, 0.3) is 5.91 Å². The van der Waals surface area contributed by atoms with E-state index in [4.69, 9.17) is 0 Å². The van der Waals surface area contributed by atoms with E-state index in [1.165, 1.54) is 10.6 Å². The predicted molar refractivity (Wildman–Crippen MR) is 119 cm³/mol. The maximum absolute atomic E-state index is 13.1. The van der Waals surface area contributed by atoms with E-state index in [9.17, 15) is 14.4 Å². The molecule has 6 nitrogen and oxygen atoms in total. The maximum atomic E-state index is 13.1. The van der Waals surface area contributed by atoms with Crippen LogP contribution in [-0.4, -0.2) is 48.8 Å². The molecular formula is C25H25N3O3. The third-order valence-corrected chi connectivity index (χ3v) is 6.55. The molecule has 0 aromatic heterocycles. The van der Waals surface area contributed by atoms with E-state index in [0.717, 1.165) is 13.1 Å². The van der Waals surface area contributed by atoms with Crippen molar-refractivity contribution in [3.05, 3.63) is 72.3 Å². The Balaban J connectivity index is 1.30. The largest absolute Gasteiger partial charge is 0.368 e. The molecule has 2 saturated heterocycles. The van der Waals surface area contributed by atoms with Crippen LogP contribution in [0.5, 0.6) is 0 Å². The summed E-state index contributed by atoms with van der Waals surface area (Å²) in [5.41, 5.74) is 2.18. The van der Waals surface area contributed by atoms with E-state index >= 15 is 0 Å². The summed E-state index contributed by atoms with van der Waals surface area (Å²) in [6, 6.07) is 17.1. The van der Waals surface area contributed by atoms with Crippen molar-refractivity contribution in [2.24, 2.45) is 11.8 Å². The first kappa shape index (κ1) is 19.5. The molecule has 3 amide bonds. The Bertz CT molecular complexity index is 1010. The Morgan fingerprint density at radius 1 is 0.742 bits per heavy atom. The molecule has 6 heteroatoms. The third-order valence-electron chi connectivity index (χ3n) is 6.55. The van der Waals surface area contributed by atoms with E-state index < -0.39 is 0 Å². The van der Waals surface area contributed by atoms with Gasteiger partial charge in [-0.15, -0.1) is 0 Å². The van der Waals surface area contributed by atoms with Crippen molar-refractivity contribution in [1.29, 1.82) is 0 Å². The molecule has 1 aliphatic carbocycles. The number of hydrogen-bond acceptors (Lipinski definition) is 4. The average Bonchev–Trinajstić information content (AvgIpc) is 3.09. The van der Waals surface area contributed by atoms with E-state index in [1.54, 1.807) is 24.3 Å². The Morgan fingerprint density at radius 2 is 1.35 bits per heavy atom. The molecule has 5 rings (SSSR count). The molecule has 2 atom stereocenters. The number of allylic oxidation sites excluding steroid dienone is 2. The number of benzene rings is 2. The Hall–Kier alpha value is -3.41. The van der Waals surface area contributed by atoms with Crippen molar-refractivity contribution in [3.63, 3.8) is 0 Å². The number of anilines is 2. The standard InChI is InChI=1S/C25H25N3O3/c29-23(27-15-13-26(14-16-27)19-8-2-1-3-9-19)18-7-6-10-20(17-18)28-24(30)21-11-4-5-12-22(21)25(28)31/h1-10,17,21-22H,11-16H2/t21-,22+. The van der Waals surface area contributed by atoms with Gasteiger partial charge in [-0.2, -0.15) is 0 Å². The van der Waals surface area contributed by atoms with Crippen LogP contribution in [0.4, 0.5) is 11.4 Å². The van der Waals surface area contributed by atoms with Crippen molar-refractivity contribution in [1.82, 2.24) is 4.90 Å². The summed E-state index contributed by atoms with van der Waals surface area (Å²) < 4.78 is 0. The van der Waals surface area contributed by atoms with Crippen molar-refractivity contribution in [2.45, 2.75) is 12.8 Å². The fourth-order valence-electron chi connectivity index (χ4n) is 4.82. The molecule has 0 radical (unpaired) electrons. The summed E-state index contributed by atoms with van der Waals surface area (Å²) in [5.74, 6) is -0.917. The van der Waals surface area contributed by atoms with Crippen LogP contribution in [-0.2, 0) is 9.59 Å². The van der Waals surface area contributed by atoms with Crippen molar-refractivity contribution >= 4 is 29.1 Å². The van der Waals surface area contributed by atoms with Crippen LogP contribution in [0.2, 0.25) is 0 Å². The minimum Gasteiger partial charge on any atom is -0.368 e. The molecule has 31 heavy (non-hydrogen) atoms. The Kier molecular flexibility index (Phi) is 5.06. The van der Waals surface area contributed by atoms with Gasteiger partial charge >= 0.3 is 0 Å². The number of fused-ring (bicyclic) bond motifs is 1. The van der Waals surface area contributed by atoms with Gasteiger partial charge in [0.2, 0.25) is 11.8 Å². The second kappa shape index (κ2) is 8.02. The number of para-hydroxylation sites is 1. The highest BCUT2D eigenvalue weighted by atomic mass is 16.2. The molecule has 2 heterocycles. The number of imide groups is 1. The van der Waals surface area contributed by atoms with Gasteiger partial charge in [0.05, 0.1) is 17.5 Å². The van der Waals surface area contributed by atoms with E-state index in [-0.39, 0.29) is 29.6 Å². The number of piperazine rings is 1. The highest BCUT2D eigenvalue weighted by Gasteiger charge is 2.47. The number of rotatable bonds is 3. The normalized spacial score (nSPS) is 23.3. The zero-order chi connectivity index (χ0) is 21.4. The fraction of sp³-hybridized carbons (Fsp3) is 0.320. The summed E-state index contributed by atoms with van der Waals surface area (Å²) in [6.45, 7) is 2.81. The highest BCUT2D eigenvalue weighted by Crippen LogP contribution is 2.37. The molecule has 2 aliphatic heterocycles. The van der Waals surface area contributed by atoms with Crippen LogP contribution < -0.4 is 9.80 Å². The third kappa shape index (κ3) is 3.52. The van der Waals surface area contributed by atoms with Gasteiger partial charge in [0.1, 0.15) is 0 Å². The lowest BCUT2D eigenvalue weighted by molar-refractivity contribution is -0.122. The molecule has 2 aromatic carbocycles. The lowest BCUT2D eigenvalue weighted by Gasteiger charge is -2.36. The Labute approximate surface area is 181 Å². The maximum Gasteiger partial charge on any atom is 0.254 e. The van der Waals surface area contributed by atoms with Crippen LogP contribution in [0.25, 0.3) is 0 Å². The highest BCUT2D eigenvalue weighted by molar-refractivity contribution is 6.22. The number of nitrogens with zero attached hydrogens (tertiary/aromatic N) is 3. The second-order valence-electron chi connectivity index (χ2n) is 8.33. The lowest BCUT2D eigenvalue weighted by Crippen LogP contribution is -2.48. The van der Waals surface area contributed by atoms with Crippen LogP contribution >= 0.6 is 0 Å². The first-order valence-electron chi connectivity index (χ1n) is 10.9. The van der Waals surface area contributed by atoms with Gasteiger partial charge < -0.3 is 9.80 Å². The van der Waals surface area contributed by atoms with Gasteiger partial charge in [0, 0.05) is 37.4 Å². The van der Waals surface area contributed by atoms with Crippen molar-refractivity contribution in [2.75, 3.05) is 36.0 Å². The monoisotopic (exact) mass is 415 g/mol. The average molecular weight is 415 g/mol. The topological polar surface area (TPSA) is 60.9 Å². The summed E-state index contributed by atoms with van der Waals surface area (Å²) in [6.07, 6.45) is 5.17. The van der Waals surface area contributed by atoms with E-state index in [2.05, 4.69) is 17.0 Å². The predicted octanol–water partition coefficient (Wildman–Crippen LogP) is 3.10. The minimum absolute atomic E-state index is 0.0623. The summed E-state index contributed by atoms with van der Waals surface area (Å²) in [4.78, 5) is 44.3. The smallest absolute Gasteiger partial charge is 0.254 e. The molecule has 2 aromatic rings. The molecule has 0 spiro atoms. The van der Waals surface area contributed by atoms with Gasteiger partial charge in [-0.3, -0.25) is 19.3 Å². The number of hydrogen-bond donors (Lipinski definition) is 0. The summed E-state index contributed by atoms with van der Waals surface area (Å²) in [7, 11) is 0. The quantitative estimate of drug-likeness (QED) is 0.571. The summed E-state index contributed by atoms with van der Waals surface area (Å²) in [5, 5.41) is 0. The van der Waals surface area contributed by atoms with Gasteiger partial charge in [-0.05, 0) is 43.2 Å². The molecule has 3 aliphatic rings. The number of carbonyl (C=O) groups excluding carboxylic acids is 3. The van der Waals surface area contributed by atoms with Crippen molar-refractivity contribution in [3.8, 4) is 0 Å². The first-order valence-corrected chi connectivity index (χ1v) is 10.9. The number of amides is 3. The zero-order valence-electron chi connectivity index (χ0n) is 17.3. The molecule has 0 bridgehead atoms. The molecule has 0 saturated carbocycles. The zero-order valence-corrected chi connectivity index (χ0v) is 17.3. The van der Waals surface area contributed by atoms with E-state index in [0.29, 0.717) is 37.2 Å². The molecule has 0 unspecified atom stereocenters. The van der Waals surface area contributed by atoms with Crippen molar-refractivity contribution < 1.29 is 14.4 Å². The molecule has 0 N–H and O–H groups in total. The molecular weight excluding hydrogens is 390 g/mol. The molecule has 2 fully saturated rings. The molecule has 158 valence electrons. The summed E-state index contributed by atoms with van der Waals surface area (Å²) >= 11 is 0. The van der Waals surface area contributed by atoms with Crippen LogP contribution in [0.3, 0.4) is 0 Å². The van der Waals surface area contributed by atoms with Gasteiger partial charge in [0.15, 0.2) is 0 Å².